The van der Waals surface area contributed by atoms with E-state index in [0.29, 0.717) is 5.56 Å². The highest BCUT2D eigenvalue weighted by Gasteiger charge is 2.49. The Bertz CT molecular complexity index is 1360. The summed E-state index contributed by atoms with van der Waals surface area (Å²) in [5, 5.41) is 82.8. The van der Waals surface area contributed by atoms with E-state index in [1.165, 1.54) is 43.3 Å². The SMILES string of the molecule is CC(=O)OC1C(OCC2OC(OC3=Cc4c(O)cc(O)cc4OC3c3ccc(O)cc3)C(O)C(O)C2O)OC(C)C(O)C1O. The van der Waals surface area contributed by atoms with Crippen LogP contribution in [0.15, 0.2) is 42.2 Å². The number of ether oxygens (including phenoxy) is 6. The molecular weight excluding hydrogens is 588 g/mol. The van der Waals surface area contributed by atoms with E-state index in [4.69, 9.17) is 28.4 Å². The van der Waals surface area contributed by atoms with E-state index in [1.807, 2.05) is 0 Å². The van der Waals surface area contributed by atoms with E-state index in [-0.39, 0.29) is 34.3 Å². The monoisotopic (exact) mass is 622 g/mol. The molecule has 3 aliphatic rings. The van der Waals surface area contributed by atoms with Crippen molar-refractivity contribution in [3.63, 3.8) is 0 Å². The number of aromatic hydroxyl groups is 3. The lowest BCUT2D eigenvalue weighted by molar-refractivity contribution is -0.325. The quantitative estimate of drug-likeness (QED) is 0.182. The minimum atomic E-state index is -1.79. The summed E-state index contributed by atoms with van der Waals surface area (Å²) in [6.45, 7) is 2.05. The topological polar surface area (TPSA) is 234 Å². The second kappa shape index (κ2) is 12.7. The average Bonchev–Trinajstić information content (AvgIpc) is 2.97. The zero-order valence-corrected chi connectivity index (χ0v) is 23.5. The molecule has 0 bridgehead atoms. The highest BCUT2D eigenvalue weighted by Crippen LogP contribution is 2.44. The minimum Gasteiger partial charge on any atom is -0.508 e. The molecule has 44 heavy (non-hydrogen) atoms. The number of hydrogen-bond donors (Lipinski definition) is 8. The van der Waals surface area contributed by atoms with Crippen LogP contribution in [-0.2, 0) is 28.5 Å². The predicted molar refractivity (Wildman–Crippen MR) is 145 cm³/mol. The first-order valence-corrected chi connectivity index (χ1v) is 13.7. The Morgan fingerprint density at radius 2 is 1.55 bits per heavy atom. The molecule has 0 aliphatic carbocycles. The number of hydrogen-bond acceptors (Lipinski definition) is 15. The molecule has 0 saturated carbocycles. The van der Waals surface area contributed by atoms with Gasteiger partial charge in [0.1, 0.15) is 65.4 Å². The van der Waals surface area contributed by atoms with Crippen LogP contribution in [-0.4, -0.2) is 115 Å². The molecule has 11 atom stereocenters. The summed E-state index contributed by atoms with van der Waals surface area (Å²) in [6, 6.07) is 8.24. The molecule has 8 N–H and O–H groups in total. The van der Waals surface area contributed by atoms with Gasteiger partial charge in [0, 0.05) is 24.6 Å². The maximum Gasteiger partial charge on any atom is 0.303 e. The van der Waals surface area contributed by atoms with Crippen LogP contribution >= 0.6 is 0 Å². The highest BCUT2D eigenvalue weighted by atomic mass is 16.7. The van der Waals surface area contributed by atoms with Crippen molar-refractivity contribution < 1.29 is 74.1 Å². The molecule has 0 aromatic heterocycles. The van der Waals surface area contributed by atoms with E-state index in [0.717, 1.165) is 13.0 Å². The first-order chi connectivity index (χ1) is 20.8. The first-order valence-electron chi connectivity index (χ1n) is 13.7. The summed E-state index contributed by atoms with van der Waals surface area (Å²) < 4.78 is 34.1. The summed E-state index contributed by atoms with van der Waals surface area (Å²) in [6.07, 6.45) is -14.6. The molecule has 0 spiro atoms. The van der Waals surface area contributed by atoms with E-state index >= 15 is 0 Å². The highest BCUT2D eigenvalue weighted by molar-refractivity contribution is 5.69. The van der Waals surface area contributed by atoms with Crippen LogP contribution in [0.3, 0.4) is 0 Å². The fraction of sp³-hybridized carbons (Fsp3) is 0.483. The van der Waals surface area contributed by atoms with Gasteiger partial charge in [-0.15, -0.1) is 0 Å². The van der Waals surface area contributed by atoms with Gasteiger partial charge in [0.15, 0.2) is 18.5 Å². The van der Waals surface area contributed by atoms with E-state index in [2.05, 4.69) is 0 Å². The molecule has 15 heteroatoms. The molecule has 11 unspecified atom stereocenters. The zero-order valence-electron chi connectivity index (χ0n) is 23.5. The third kappa shape index (κ3) is 6.40. The van der Waals surface area contributed by atoms with Gasteiger partial charge in [0.2, 0.25) is 6.29 Å². The number of fused-ring (bicyclic) bond motifs is 1. The largest absolute Gasteiger partial charge is 0.508 e. The number of esters is 1. The summed E-state index contributed by atoms with van der Waals surface area (Å²) in [5.74, 6) is -1.30. The van der Waals surface area contributed by atoms with Gasteiger partial charge in [0.05, 0.1) is 18.3 Å². The Morgan fingerprint density at radius 1 is 0.841 bits per heavy atom. The van der Waals surface area contributed by atoms with Crippen LogP contribution in [0, 0.1) is 0 Å². The van der Waals surface area contributed by atoms with Gasteiger partial charge < -0.3 is 69.3 Å². The van der Waals surface area contributed by atoms with Gasteiger partial charge in [-0.05, 0) is 25.1 Å². The molecular formula is C29H34O15. The summed E-state index contributed by atoms with van der Waals surface area (Å²) >= 11 is 0. The van der Waals surface area contributed by atoms with Crippen molar-refractivity contribution in [1.82, 2.24) is 0 Å². The van der Waals surface area contributed by atoms with Crippen LogP contribution in [0.4, 0.5) is 0 Å². The van der Waals surface area contributed by atoms with Crippen molar-refractivity contribution >= 4 is 12.0 Å². The fourth-order valence-corrected chi connectivity index (χ4v) is 5.15. The lowest BCUT2D eigenvalue weighted by Crippen LogP contribution is -2.61. The molecule has 5 rings (SSSR count). The Balaban J connectivity index is 1.38. The standard InChI is InChI=1S/C29H34O15/c1-11-21(34)24(37)27(41-12(2)30)29(40-11)39-10-20-22(35)23(36)25(38)28(44-20)43-19-9-16-17(33)7-15(32)8-18(16)42-26(19)13-3-5-14(31)6-4-13/h3-9,11,20-29,31-38H,10H2,1-2H3. The maximum atomic E-state index is 11.6. The number of aliphatic hydroxyl groups is 5. The first kappa shape index (κ1) is 31.7. The third-order valence-electron chi connectivity index (χ3n) is 7.52. The van der Waals surface area contributed by atoms with Gasteiger partial charge in [-0.1, -0.05) is 12.1 Å². The molecule has 3 aliphatic heterocycles. The van der Waals surface area contributed by atoms with Crippen LogP contribution in [0.5, 0.6) is 23.0 Å². The Labute approximate surface area is 250 Å². The maximum absolute atomic E-state index is 11.6. The molecule has 2 fully saturated rings. The van der Waals surface area contributed by atoms with Crippen LogP contribution in [0.25, 0.3) is 6.08 Å². The summed E-state index contributed by atoms with van der Waals surface area (Å²) in [5.41, 5.74) is 0.605. The Hall–Kier alpha value is -3.67. The minimum absolute atomic E-state index is 0.00652. The number of benzene rings is 2. The van der Waals surface area contributed by atoms with Crippen molar-refractivity contribution in [3.05, 3.63) is 53.3 Å². The number of phenolic OH excluding ortho intramolecular Hbond substituents is 3. The zero-order chi connectivity index (χ0) is 31.9. The average molecular weight is 623 g/mol. The molecule has 2 aromatic rings. The second-order valence-corrected chi connectivity index (χ2v) is 10.7. The van der Waals surface area contributed by atoms with Crippen molar-refractivity contribution in [1.29, 1.82) is 0 Å². The van der Waals surface area contributed by atoms with Gasteiger partial charge in [0.25, 0.3) is 0 Å². The molecule has 2 saturated heterocycles. The summed E-state index contributed by atoms with van der Waals surface area (Å²) in [4.78, 5) is 11.6. The number of phenols is 3. The molecule has 3 heterocycles. The van der Waals surface area contributed by atoms with Gasteiger partial charge in [-0.3, -0.25) is 4.79 Å². The Morgan fingerprint density at radius 3 is 2.23 bits per heavy atom. The van der Waals surface area contributed by atoms with Crippen LogP contribution in [0.2, 0.25) is 0 Å². The second-order valence-electron chi connectivity index (χ2n) is 10.7. The summed E-state index contributed by atoms with van der Waals surface area (Å²) in [7, 11) is 0. The Kier molecular flexibility index (Phi) is 9.20. The van der Waals surface area contributed by atoms with Crippen LogP contribution in [0.1, 0.15) is 31.1 Å². The van der Waals surface area contributed by atoms with E-state index in [1.54, 1.807) is 0 Å². The predicted octanol–water partition coefficient (Wildman–Crippen LogP) is -0.483. The van der Waals surface area contributed by atoms with Crippen LogP contribution < -0.4 is 4.74 Å². The number of rotatable bonds is 7. The normalized spacial score (nSPS) is 35.2. The van der Waals surface area contributed by atoms with E-state index in [9.17, 15) is 45.6 Å². The number of carbonyl (C=O) groups is 1. The van der Waals surface area contributed by atoms with Gasteiger partial charge >= 0.3 is 5.97 Å². The van der Waals surface area contributed by atoms with Crippen molar-refractivity contribution in [2.24, 2.45) is 0 Å². The van der Waals surface area contributed by atoms with Crippen molar-refractivity contribution in [2.45, 2.75) is 81.4 Å². The molecule has 240 valence electrons. The smallest absolute Gasteiger partial charge is 0.303 e. The molecule has 2 aromatic carbocycles. The lowest BCUT2D eigenvalue weighted by Gasteiger charge is -2.43. The number of carbonyl (C=O) groups excluding carboxylic acids is 1. The van der Waals surface area contributed by atoms with Crippen molar-refractivity contribution in [2.75, 3.05) is 6.61 Å². The van der Waals surface area contributed by atoms with Gasteiger partial charge in [-0.25, -0.2) is 0 Å². The van der Waals surface area contributed by atoms with Crippen molar-refractivity contribution in [3.8, 4) is 23.0 Å². The molecule has 15 nitrogen and oxygen atoms in total. The molecule has 0 radical (unpaired) electrons. The number of aliphatic hydroxyl groups excluding tert-OH is 5. The molecule has 0 amide bonds. The lowest BCUT2D eigenvalue weighted by atomic mass is 9.98. The van der Waals surface area contributed by atoms with Gasteiger partial charge in [-0.2, -0.15) is 0 Å². The third-order valence-corrected chi connectivity index (χ3v) is 7.52. The van der Waals surface area contributed by atoms with E-state index < -0.39 is 80.1 Å². The fourth-order valence-electron chi connectivity index (χ4n) is 5.15.